The number of rotatable bonds is 5. The number of amides is 1. The number of hydrogen-bond donors (Lipinski definition) is 1. The summed E-state index contributed by atoms with van der Waals surface area (Å²) in [6.07, 6.45) is 0. The Morgan fingerprint density at radius 3 is 2.34 bits per heavy atom. The highest BCUT2D eigenvalue weighted by Crippen LogP contribution is 2.28. The predicted octanol–water partition coefficient (Wildman–Crippen LogP) is 5.29. The van der Waals surface area contributed by atoms with Crippen molar-refractivity contribution in [2.75, 3.05) is 0 Å². The van der Waals surface area contributed by atoms with Crippen LogP contribution in [0.4, 0.5) is 13.2 Å². The Kier molecular flexibility index (Phi) is 5.77. The summed E-state index contributed by atoms with van der Waals surface area (Å²) in [7, 11) is 0. The molecular formula is C24H18F3N3O2. The molecule has 4 aromatic rings. The molecule has 0 spiro atoms. The Morgan fingerprint density at radius 1 is 0.938 bits per heavy atom. The van der Waals surface area contributed by atoms with Gasteiger partial charge in [0.25, 0.3) is 5.91 Å². The summed E-state index contributed by atoms with van der Waals surface area (Å²) in [6, 6.07) is 12.8. The highest BCUT2D eigenvalue weighted by molar-refractivity contribution is 5.95. The summed E-state index contributed by atoms with van der Waals surface area (Å²) < 4.78 is 47.6. The van der Waals surface area contributed by atoms with E-state index in [1.165, 1.54) is 48.5 Å². The Morgan fingerprint density at radius 2 is 1.69 bits per heavy atom. The topological polar surface area (TPSA) is 68.0 Å². The maximum Gasteiger partial charge on any atom is 0.252 e. The van der Waals surface area contributed by atoms with Crippen LogP contribution >= 0.6 is 0 Å². The van der Waals surface area contributed by atoms with E-state index in [-0.39, 0.29) is 28.4 Å². The third-order valence-corrected chi connectivity index (χ3v) is 5.00. The Labute approximate surface area is 181 Å². The van der Waals surface area contributed by atoms with E-state index in [2.05, 4.69) is 15.5 Å². The van der Waals surface area contributed by atoms with Crippen molar-refractivity contribution in [2.24, 2.45) is 0 Å². The molecule has 32 heavy (non-hydrogen) atoms. The smallest absolute Gasteiger partial charge is 0.252 e. The molecule has 0 saturated carbocycles. The number of carbonyl (C=O) groups is 1. The van der Waals surface area contributed by atoms with Crippen molar-refractivity contribution in [1.82, 2.24) is 15.5 Å². The van der Waals surface area contributed by atoms with E-state index in [1.54, 1.807) is 19.9 Å². The molecule has 162 valence electrons. The number of aryl methyl sites for hydroxylation is 2. The zero-order valence-electron chi connectivity index (χ0n) is 17.2. The Balaban J connectivity index is 1.65. The van der Waals surface area contributed by atoms with Crippen LogP contribution in [0.3, 0.4) is 0 Å². The van der Waals surface area contributed by atoms with Gasteiger partial charge in [-0.1, -0.05) is 35.5 Å². The first-order valence-corrected chi connectivity index (χ1v) is 9.75. The average molecular weight is 437 g/mol. The lowest BCUT2D eigenvalue weighted by atomic mass is 9.98. The van der Waals surface area contributed by atoms with Gasteiger partial charge in [0.05, 0.1) is 0 Å². The van der Waals surface area contributed by atoms with Gasteiger partial charge < -0.3 is 9.84 Å². The summed E-state index contributed by atoms with van der Waals surface area (Å²) in [4.78, 5) is 17.0. The molecule has 1 amide bonds. The quantitative estimate of drug-likeness (QED) is 0.461. The van der Waals surface area contributed by atoms with Gasteiger partial charge in [-0.2, -0.15) is 4.98 Å². The van der Waals surface area contributed by atoms with Gasteiger partial charge in [0.1, 0.15) is 23.5 Å². The molecule has 8 heteroatoms. The van der Waals surface area contributed by atoms with Gasteiger partial charge in [-0.05, 0) is 48.4 Å². The molecule has 0 saturated heterocycles. The predicted molar refractivity (Wildman–Crippen MR) is 111 cm³/mol. The van der Waals surface area contributed by atoms with Crippen LogP contribution < -0.4 is 5.32 Å². The van der Waals surface area contributed by atoms with E-state index in [0.717, 1.165) is 6.07 Å². The Bertz CT molecular complexity index is 1300. The highest BCUT2D eigenvalue weighted by atomic mass is 19.1. The van der Waals surface area contributed by atoms with Crippen LogP contribution in [-0.4, -0.2) is 16.0 Å². The van der Waals surface area contributed by atoms with E-state index in [1.807, 2.05) is 0 Å². The second kappa shape index (κ2) is 8.66. The van der Waals surface area contributed by atoms with E-state index >= 15 is 0 Å². The van der Waals surface area contributed by atoms with Crippen molar-refractivity contribution in [1.29, 1.82) is 0 Å². The van der Waals surface area contributed by atoms with Crippen molar-refractivity contribution in [3.8, 4) is 11.1 Å². The maximum atomic E-state index is 14.9. The standard InChI is InChI=1S/C24H18F3N3O2/c1-13-11-16(25)8-10-17(13)18-9-7-15(12-21(18)27)24(31)29-22(23-28-14(2)32-30-23)19-5-3-4-6-20(19)26/h3-12,22H,1-2H3,(H,29,31)/t22-/m0/s1. The monoisotopic (exact) mass is 437 g/mol. The van der Waals surface area contributed by atoms with Gasteiger partial charge in [-0.25, -0.2) is 13.2 Å². The number of halogens is 3. The molecule has 1 atom stereocenters. The van der Waals surface area contributed by atoms with Gasteiger partial charge in [-0.3, -0.25) is 4.79 Å². The van der Waals surface area contributed by atoms with E-state index in [4.69, 9.17) is 4.52 Å². The highest BCUT2D eigenvalue weighted by Gasteiger charge is 2.25. The fourth-order valence-corrected chi connectivity index (χ4v) is 3.44. The molecule has 0 radical (unpaired) electrons. The van der Waals surface area contributed by atoms with Crippen molar-refractivity contribution in [3.63, 3.8) is 0 Å². The van der Waals surface area contributed by atoms with Crippen LogP contribution in [0.2, 0.25) is 0 Å². The lowest BCUT2D eigenvalue weighted by Gasteiger charge is -2.17. The van der Waals surface area contributed by atoms with Gasteiger partial charge in [0.2, 0.25) is 5.89 Å². The van der Waals surface area contributed by atoms with Crippen LogP contribution in [0.1, 0.15) is 39.2 Å². The number of nitrogens with one attached hydrogen (secondary N) is 1. The third-order valence-electron chi connectivity index (χ3n) is 5.00. The molecule has 0 aliphatic carbocycles. The molecular weight excluding hydrogens is 419 g/mol. The van der Waals surface area contributed by atoms with Crippen LogP contribution in [0.25, 0.3) is 11.1 Å². The number of aromatic nitrogens is 2. The SMILES string of the molecule is Cc1nc([C@@H](NC(=O)c2ccc(-c3ccc(F)cc3C)c(F)c2)c2ccccc2F)no1. The Hall–Kier alpha value is -3.94. The van der Waals surface area contributed by atoms with Crippen LogP contribution in [-0.2, 0) is 0 Å². The van der Waals surface area contributed by atoms with Gasteiger partial charge in [0, 0.05) is 23.6 Å². The molecule has 4 rings (SSSR count). The van der Waals surface area contributed by atoms with Gasteiger partial charge in [-0.15, -0.1) is 0 Å². The summed E-state index contributed by atoms with van der Waals surface area (Å²) in [5, 5.41) is 6.44. The largest absolute Gasteiger partial charge is 0.340 e. The molecule has 0 aliphatic rings. The van der Waals surface area contributed by atoms with E-state index in [9.17, 15) is 18.0 Å². The minimum Gasteiger partial charge on any atom is -0.340 e. The van der Waals surface area contributed by atoms with Crippen molar-refractivity contribution < 1.29 is 22.5 Å². The van der Waals surface area contributed by atoms with Crippen molar-refractivity contribution >= 4 is 5.91 Å². The minimum absolute atomic E-state index is 0.0209. The maximum absolute atomic E-state index is 14.9. The fourth-order valence-electron chi connectivity index (χ4n) is 3.44. The van der Waals surface area contributed by atoms with Crippen LogP contribution in [0.15, 0.2) is 65.2 Å². The van der Waals surface area contributed by atoms with Crippen molar-refractivity contribution in [3.05, 3.63) is 107 Å². The summed E-state index contributed by atoms with van der Waals surface area (Å²) in [5.74, 6) is -1.96. The molecule has 0 fully saturated rings. The van der Waals surface area contributed by atoms with Gasteiger partial charge in [0.15, 0.2) is 5.82 Å². The fraction of sp³-hybridized carbons (Fsp3) is 0.125. The first-order valence-electron chi connectivity index (χ1n) is 9.75. The van der Waals surface area contributed by atoms with Crippen LogP contribution in [0, 0.1) is 31.3 Å². The minimum atomic E-state index is -1.04. The molecule has 1 N–H and O–H groups in total. The van der Waals surface area contributed by atoms with Crippen molar-refractivity contribution in [2.45, 2.75) is 19.9 Å². The molecule has 1 aromatic heterocycles. The van der Waals surface area contributed by atoms with Gasteiger partial charge >= 0.3 is 0 Å². The number of nitrogens with zero attached hydrogens (tertiary/aromatic N) is 2. The number of hydrogen-bond acceptors (Lipinski definition) is 4. The lowest BCUT2D eigenvalue weighted by molar-refractivity contribution is 0.0940. The summed E-state index contributed by atoms with van der Waals surface area (Å²) in [6.45, 7) is 3.24. The molecule has 1 heterocycles. The molecule has 0 bridgehead atoms. The number of benzene rings is 3. The normalized spacial score (nSPS) is 11.9. The summed E-state index contributed by atoms with van der Waals surface area (Å²) in [5.41, 5.74) is 1.47. The third kappa shape index (κ3) is 4.25. The molecule has 5 nitrogen and oxygen atoms in total. The molecule has 0 unspecified atom stereocenters. The van der Waals surface area contributed by atoms with E-state index < -0.39 is 29.4 Å². The molecule has 3 aromatic carbocycles. The second-order valence-corrected chi connectivity index (χ2v) is 7.25. The first-order chi connectivity index (χ1) is 15.3. The lowest BCUT2D eigenvalue weighted by Crippen LogP contribution is -2.30. The molecule has 0 aliphatic heterocycles. The first kappa shape index (κ1) is 21.3. The summed E-state index contributed by atoms with van der Waals surface area (Å²) >= 11 is 0. The average Bonchev–Trinajstić information content (AvgIpc) is 3.19. The van der Waals surface area contributed by atoms with Crippen LogP contribution in [0.5, 0.6) is 0 Å². The van der Waals surface area contributed by atoms with E-state index in [0.29, 0.717) is 11.1 Å². The second-order valence-electron chi connectivity index (χ2n) is 7.25. The zero-order chi connectivity index (χ0) is 22.8. The zero-order valence-corrected chi connectivity index (χ0v) is 17.2. The number of carbonyl (C=O) groups excluding carboxylic acids is 1.